The minimum Gasteiger partial charge on any atom is -0.490 e. The van der Waals surface area contributed by atoms with Crippen molar-refractivity contribution in [1.82, 2.24) is 10.9 Å². The maximum Gasteiger partial charge on any atom is 0.273 e. The van der Waals surface area contributed by atoms with E-state index in [4.69, 9.17) is 14.2 Å². The van der Waals surface area contributed by atoms with Gasteiger partial charge in [0.05, 0.1) is 5.56 Å². The minimum atomic E-state index is -0.495. The number of hydrogen-bond donors (Lipinski definition) is 2. The Hall–Kier alpha value is -4.78. The summed E-state index contributed by atoms with van der Waals surface area (Å²) in [5.41, 5.74) is 6.59. The number of benzene rings is 4. The molecule has 0 bridgehead atoms. The molecule has 7 nitrogen and oxygen atoms in total. The van der Waals surface area contributed by atoms with Crippen molar-refractivity contribution < 1.29 is 23.8 Å². The van der Waals surface area contributed by atoms with Crippen LogP contribution in [-0.2, 0) is 6.61 Å². The number of para-hydroxylation sites is 2. The Labute approximate surface area is 209 Å². The number of carbonyl (C=O) groups excluding carboxylic acids is 2. The van der Waals surface area contributed by atoms with Gasteiger partial charge in [-0.15, -0.1) is 0 Å². The van der Waals surface area contributed by atoms with Crippen LogP contribution < -0.4 is 25.1 Å². The summed E-state index contributed by atoms with van der Waals surface area (Å²) in [6.45, 7) is 1.01. The fourth-order valence-electron chi connectivity index (χ4n) is 3.30. The molecule has 0 saturated carbocycles. The maximum absolute atomic E-state index is 12.7. The van der Waals surface area contributed by atoms with E-state index in [-0.39, 0.29) is 6.61 Å². The number of nitrogens with one attached hydrogen (secondary N) is 2. The molecule has 0 fully saturated rings. The molecule has 2 N–H and O–H groups in total. The molecule has 4 aromatic rings. The molecule has 0 radical (unpaired) electrons. The summed E-state index contributed by atoms with van der Waals surface area (Å²) in [6.07, 6.45) is 0. The lowest BCUT2D eigenvalue weighted by Crippen LogP contribution is -2.41. The lowest BCUT2D eigenvalue weighted by Gasteiger charge is -2.13. The summed E-state index contributed by atoms with van der Waals surface area (Å²) in [4.78, 5) is 25.2. The van der Waals surface area contributed by atoms with E-state index in [1.165, 1.54) is 0 Å². The molecule has 4 rings (SSSR count). The SMILES string of the molecule is O=C(NNC(=O)c1ccccc1OCCOc1ccccc1)c1ccc(OCc2ccccc2)cc1. The molecule has 2 amide bonds. The highest BCUT2D eigenvalue weighted by atomic mass is 16.5. The topological polar surface area (TPSA) is 85.9 Å². The van der Waals surface area contributed by atoms with Crippen molar-refractivity contribution in [3.8, 4) is 17.2 Å². The molecule has 7 heteroatoms. The van der Waals surface area contributed by atoms with E-state index in [0.29, 0.717) is 35.8 Å². The van der Waals surface area contributed by atoms with Crippen molar-refractivity contribution >= 4 is 11.8 Å². The van der Waals surface area contributed by atoms with E-state index in [2.05, 4.69) is 10.9 Å². The second-order valence-corrected chi connectivity index (χ2v) is 7.71. The Balaban J connectivity index is 1.25. The molecule has 0 spiro atoms. The maximum atomic E-state index is 12.7. The Morgan fingerprint density at radius 1 is 0.556 bits per heavy atom. The number of hydrogen-bond acceptors (Lipinski definition) is 5. The third-order valence-electron chi connectivity index (χ3n) is 5.14. The van der Waals surface area contributed by atoms with Crippen molar-refractivity contribution in [2.45, 2.75) is 6.61 Å². The summed E-state index contributed by atoms with van der Waals surface area (Å²) in [7, 11) is 0. The Morgan fingerprint density at radius 2 is 1.14 bits per heavy atom. The van der Waals surface area contributed by atoms with Gasteiger partial charge in [0.15, 0.2) is 0 Å². The van der Waals surface area contributed by atoms with Crippen LogP contribution in [0.4, 0.5) is 0 Å². The van der Waals surface area contributed by atoms with E-state index in [9.17, 15) is 9.59 Å². The van der Waals surface area contributed by atoms with Gasteiger partial charge in [0.2, 0.25) is 0 Å². The molecule has 0 saturated heterocycles. The molecular weight excluding hydrogens is 456 g/mol. The largest absolute Gasteiger partial charge is 0.490 e. The quantitative estimate of drug-likeness (QED) is 0.251. The van der Waals surface area contributed by atoms with Gasteiger partial charge >= 0.3 is 0 Å². The van der Waals surface area contributed by atoms with Crippen LogP contribution in [0, 0.1) is 0 Å². The molecule has 0 atom stereocenters. The number of hydrazine groups is 1. The van der Waals surface area contributed by atoms with Crippen molar-refractivity contribution in [2.75, 3.05) is 13.2 Å². The molecule has 4 aromatic carbocycles. The lowest BCUT2D eigenvalue weighted by molar-refractivity contribution is 0.0843. The fraction of sp³-hybridized carbons (Fsp3) is 0.103. The number of amides is 2. The standard InChI is InChI=1S/C29H26N2O5/c32-28(23-15-17-25(18-16-23)36-21-22-9-3-1-4-10-22)30-31-29(33)26-13-7-8-14-27(26)35-20-19-34-24-11-5-2-6-12-24/h1-18H,19-21H2,(H,30,32)(H,31,33). The Kier molecular flexibility index (Phi) is 8.53. The third-order valence-corrected chi connectivity index (χ3v) is 5.14. The Morgan fingerprint density at radius 3 is 1.89 bits per heavy atom. The monoisotopic (exact) mass is 482 g/mol. The minimum absolute atomic E-state index is 0.254. The predicted octanol–water partition coefficient (Wildman–Crippen LogP) is 4.80. The van der Waals surface area contributed by atoms with Gasteiger partial charge < -0.3 is 14.2 Å². The molecule has 182 valence electrons. The van der Waals surface area contributed by atoms with Gasteiger partial charge in [0, 0.05) is 5.56 Å². The zero-order valence-corrected chi connectivity index (χ0v) is 19.6. The van der Waals surface area contributed by atoms with Gasteiger partial charge in [-0.1, -0.05) is 60.7 Å². The molecular formula is C29H26N2O5. The average Bonchev–Trinajstić information content (AvgIpc) is 2.94. The van der Waals surface area contributed by atoms with Gasteiger partial charge in [-0.25, -0.2) is 0 Å². The number of rotatable bonds is 10. The zero-order valence-electron chi connectivity index (χ0n) is 19.6. The van der Waals surface area contributed by atoms with E-state index in [0.717, 1.165) is 11.3 Å². The first-order valence-corrected chi connectivity index (χ1v) is 11.5. The smallest absolute Gasteiger partial charge is 0.273 e. The lowest BCUT2D eigenvalue weighted by atomic mass is 10.2. The van der Waals surface area contributed by atoms with E-state index < -0.39 is 11.8 Å². The van der Waals surface area contributed by atoms with Gasteiger partial charge in [-0.2, -0.15) is 0 Å². The Bertz CT molecular complexity index is 1260. The third kappa shape index (κ3) is 7.11. The molecule has 0 aliphatic heterocycles. The number of carbonyl (C=O) groups is 2. The van der Waals surface area contributed by atoms with Crippen LogP contribution in [0.2, 0.25) is 0 Å². The van der Waals surface area contributed by atoms with Crippen LogP contribution in [0.25, 0.3) is 0 Å². The molecule has 36 heavy (non-hydrogen) atoms. The second-order valence-electron chi connectivity index (χ2n) is 7.71. The highest BCUT2D eigenvalue weighted by Gasteiger charge is 2.14. The highest BCUT2D eigenvalue weighted by Crippen LogP contribution is 2.18. The van der Waals surface area contributed by atoms with Gasteiger partial charge in [0.25, 0.3) is 11.8 Å². The summed E-state index contributed by atoms with van der Waals surface area (Å²) < 4.78 is 17.1. The molecule has 0 unspecified atom stereocenters. The van der Waals surface area contributed by atoms with Crippen LogP contribution in [0.3, 0.4) is 0 Å². The first-order chi connectivity index (χ1) is 17.7. The average molecular weight is 483 g/mol. The fourth-order valence-corrected chi connectivity index (χ4v) is 3.30. The van der Waals surface area contributed by atoms with Crippen LogP contribution in [-0.4, -0.2) is 25.0 Å². The summed E-state index contributed by atoms with van der Waals surface area (Å²) in [5, 5.41) is 0. The highest BCUT2D eigenvalue weighted by molar-refractivity contribution is 6.00. The summed E-state index contributed by atoms with van der Waals surface area (Å²) in [6, 6.07) is 32.7. The first kappa shape index (κ1) is 24.3. The molecule has 0 aliphatic carbocycles. The molecule has 0 aromatic heterocycles. The van der Waals surface area contributed by atoms with Crippen molar-refractivity contribution in [3.63, 3.8) is 0 Å². The first-order valence-electron chi connectivity index (χ1n) is 11.5. The van der Waals surface area contributed by atoms with Gasteiger partial charge in [-0.05, 0) is 54.1 Å². The van der Waals surface area contributed by atoms with E-state index in [1.807, 2.05) is 60.7 Å². The molecule has 0 heterocycles. The predicted molar refractivity (Wildman–Crippen MR) is 136 cm³/mol. The van der Waals surface area contributed by atoms with Gasteiger partial charge in [-0.3, -0.25) is 20.4 Å². The van der Waals surface area contributed by atoms with Crippen LogP contribution in [0.5, 0.6) is 17.2 Å². The summed E-state index contributed by atoms with van der Waals surface area (Å²) in [5.74, 6) is 0.826. The zero-order chi connectivity index (χ0) is 25.0. The van der Waals surface area contributed by atoms with Crippen molar-refractivity contribution in [3.05, 3.63) is 126 Å². The van der Waals surface area contributed by atoms with Gasteiger partial charge in [0.1, 0.15) is 37.1 Å². The normalized spacial score (nSPS) is 10.2. The van der Waals surface area contributed by atoms with Crippen molar-refractivity contribution in [1.29, 1.82) is 0 Å². The number of ether oxygens (including phenoxy) is 3. The van der Waals surface area contributed by atoms with E-state index >= 15 is 0 Å². The molecule has 0 aliphatic rings. The summed E-state index contributed by atoms with van der Waals surface area (Å²) >= 11 is 0. The van der Waals surface area contributed by atoms with Crippen LogP contribution >= 0.6 is 0 Å². The van der Waals surface area contributed by atoms with Crippen LogP contribution in [0.1, 0.15) is 26.3 Å². The van der Waals surface area contributed by atoms with Crippen LogP contribution in [0.15, 0.2) is 109 Å². The van der Waals surface area contributed by atoms with Crippen molar-refractivity contribution in [2.24, 2.45) is 0 Å². The second kappa shape index (κ2) is 12.6. The van der Waals surface area contributed by atoms with E-state index in [1.54, 1.807) is 48.5 Å².